The average Bonchev–Trinajstić information content (AvgIpc) is 2.81. The Kier molecular flexibility index (Phi) is 9.69. The number of halogens is 1. The zero-order valence-electron chi connectivity index (χ0n) is 14.2. The topological polar surface area (TPSA) is 110 Å². The van der Waals surface area contributed by atoms with Crippen molar-refractivity contribution in [2.24, 2.45) is 0 Å². The summed E-state index contributed by atoms with van der Waals surface area (Å²) in [6.45, 7) is 1.71. The normalized spacial score (nSPS) is 28.4. The summed E-state index contributed by atoms with van der Waals surface area (Å²) in [5, 5.41) is 48.4. The fraction of sp³-hybridized carbons (Fsp3) is 0.647. The highest BCUT2D eigenvalue weighted by Crippen LogP contribution is 2.25. The lowest BCUT2D eigenvalue weighted by Crippen LogP contribution is -3.00. The van der Waals surface area contributed by atoms with E-state index in [-0.39, 0.29) is 38.0 Å². The summed E-state index contributed by atoms with van der Waals surface area (Å²) in [5.41, 5.74) is 2.07. The maximum Gasteiger partial charge on any atom is 0.169 e. The van der Waals surface area contributed by atoms with E-state index in [0.717, 1.165) is 11.1 Å². The van der Waals surface area contributed by atoms with Gasteiger partial charge in [-0.15, -0.1) is 0 Å². The highest BCUT2D eigenvalue weighted by molar-refractivity contribution is 7.97. The number of hydrogen-bond acceptors (Lipinski definition) is 6. The molecule has 6 atom stereocenters. The summed E-state index contributed by atoms with van der Waals surface area (Å²) in [7, 11) is -0.520. The van der Waals surface area contributed by atoms with E-state index in [1.165, 1.54) is 0 Å². The third-order valence-electron chi connectivity index (χ3n) is 4.31. The van der Waals surface area contributed by atoms with Crippen LogP contribution in [0.25, 0.3) is 0 Å². The first-order chi connectivity index (χ1) is 11.5. The minimum Gasteiger partial charge on any atom is -1.00 e. The highest BCUT2D eigenvalue weighted by atomic mass is 35.5. The van der Waals surface area contributed by atoms with Gasteiger partial charge in [-0.2, -0.15) is 0 Å². The summed E-state index contributed by atoms with van der Waals surface area (Å²) in [4.78, 5) is 0. The molecule has 6 nitrogen and oxygen atoms in total. The predicted molar refractivity (Wildman–Crippen MR) is 92.8 cm³/mol. The zero-order chi connectivity index (χ0) is 17.7. The molecule has 0 aromatic heterocycles. The van der Waals surface area contributed by atoms with Gasteiger partial charge in [-0.1, -0.05) is 29.8 Å². The van der Waals surface area contributed by atoms with Crippen LogP contribution in [0.5, 0.6) is 0 Å². The molecule has 1 aliphatic heterocycles. The van der Waals surface area contributed by atoms with Gasteiger partial charge in [0.1, 0.15) is 35.9 Å². The average molecular weight is 395 g/mol. The molecule has 1 aromatic carbocycles. The molecule has 0 aliphatic carbocycles. The summed E-state index contributed by atoms with van der Waals surface area (Å²) >= 11 is 0. The molecule has 0 spiro atoms. The molecule has 1 fully saturated rings. The molecule has 5 N–H and O–H groups in total. The van der Waals surface area contributed by atoms with Gasteiger partial charge in [-0.05, 0) is 12.5 Å². The molecular weight excluding hydrogens is 368 g/mol. The van der Waals surface area contributed by atoms with Crippen molar-refractivity contribution in [1.82, 2.24) is 0 Å². The van der Waals surface area contributed by atoms with E-state index in [4.69, 9.17) is 4.74 Å². The lowest BCUT2D eigenvalue weighted by molar-refractivity contribution is -0.0623. The van der Waals surface area contributed by atoms with Gasteiger partial charge >= 0.3 is 0 Å². The van der Waals surface area contributed by atoms with Crippen molar-refractivity contribution >= 4 is 10.9 Å². The Balaban J connectivity index is 0.00000312. The minimum atomic E-state index is -0.966. The van der Waals surface area contributed by atoms with Crippen LogP contribution >= 0.6 is 0 Å². The van der Waals surface area contributed by atoms with Crippen LogP contribution in [0.15, 0.2) is 24.3 Å². The van der Waals surface area contributed by atoms with Gasteiger partial charge < -0.3 is 42.7 Å². The molecule has 2 rings (SSSR count). The molecule has 0 bridgehead atoms. The van der Waals surface area contributed by atoms with Gasteiger partial charge in [0.05, 0.1) is 19.8 Å². The lowest BCUT2D eigenvalue weighted by Gasteiger charge is -2.22. The second-order valence-corrected chi connectivity index (χ2v) is 8.59. The van der Waals surface area contributed by atoms with Crippen molar-refractivity contribution in [3.05, 3.63) is 35.4 Å². The Morgan fingerprint density at radius 3 is 2.60 bits per heavy atom. The van der Waals surface area contributed by atoms with Crippen LogP contribution in [0.1, 0.15) is 11.1 Å². The van der Waals surface area contributed by atoms with Crippen LogP contribution in [-0.4, -0.2) is 79.9 Å². The summed E-state index contributed by atoms with van der Waals surface area (Å²) in [5.74, 6) is 0.623. The molecular formula is C17H27ClO6S. The fourth-order valence-corrected chi connectivity index (χ4v) is 5.62. The smallest absolute Gasteiger partial charge is 0.169 e. The molecule has 2 unspecified atom stereocenters. The quantitative estimate of drug-likeness (QED) is 0.287. The second-order valence-electron chi connectivity index (χ2n) is 6.24. The molecule has 0 saturated carbocycles. The van der Waals surface area contributed by atoms with Crippen LogP contribution in [0, 0.1) is 6.92 Å². The fourth-order valence-electron chi connectivity index (χ4n) is 2.91. The molecule has 0 radical (unpaired) electrons. The Morgan fingerprint density at radius 1 is 1.28 bits per heavy atom. The third-order valence-corrected chi connectivity index (χ3v) is 7.13. The van der Waals surface area contributed by atoms with E-state index in [9.17, 15) is 25.5 Å². The van der Waals surface area contributed by atoms with Crippen molar-refractivity contribution < 1.29 is 42.7 Å². The summed E-state index contributed by atoms with van der Waals surface area (Å²) in [6.07, 6.45) is -3.51. The third kappa shape index (κ3) is 6.08. The maximum absolute atomic E-state index is 10.4. The molecule has 1 aliphatic rings. The lowest BCUT2D eigenvalue weighted by atomic mass is 10.1. The second kappa shape index (κ2) is 10.7. The Labute approximate surface area is 157 Å². The van der Waals surface area contributed by atoms with Gasteiger partial charge in [0.15, 0.2) is 5.25 Å². The Hall–Kier alpha value is -0.380. The first kappa shape index (κ1) is 22.7. The van der Waals surface area contributed by atoms with Crippen molar-refractivity contribution in [1.29, 1.82) is 0 Å². The number of aliphatic hydroxyl groups excluding tert-OH is 5. The monoisotopic (exact) mass is 394 g/mol. The maximum atomic E-state index is 10.4. The molecule has 8 heteroatoms. The Bertz CT molecular complexity index is 520. The number of benzene rings is 1. The predicted octanol–water partition coefficient (Wildman–Crippen LogP) is -4.05. The van der Waals surface area contributed by atoms with Gasteiger partial charge in [0, 0.05) is 10.9 Å². The zero-order valence-corrected chi connectivity index (χ0v) is 15.7. The number of aryl methyl sites for hydroxylation is 1. The molecule has 1 heterocycles. The molecule has 1 aromatic rings. The van der Waals surface area contributed by atoms with Crippen molar-refractivity contribution in [2.75, 3.05) is 24.7 Å². The van der Waals surface area contributed by atoms with E-state index >= 15 is 0 Å². The highest BCUT2D eigenvalue weighted by Gasteiger charge is 2.50. The first-order valence-electron chi connectivity index (χ1n) is 8.05. The van der Waals surface area contributed by atoms with E-state index in [1.54, 1.807) is 0 Å². The number of ether oxygens (including phenoxy) is 1. The summed E-state index contributed by atoms with van der Waals surface area (Å²) in [6, 6.07) is 7.80. The minimum absolute atomic E-state index is 0. The van der Waals surface area contributed by atoms with E-state index in [1.807, 2.05) is 31.2 Å². The van der Waals surface area contributed by atoms with Crippen LogP contribution < -0.4 is 12.4 Å². The van der Waals surface area contributed by atoms with Crippen molar-refractivity contribution in [3.63, 3.8) is 0 Å². The van der Waals surface area contributed by atoms with E-state index in [2.05, 4.69) is 0 Å². The number of aliphatic hydroxyl groups is 5. The van der Waals surface area contributed by atoms with Gasteiger partial charge in [0.25, 0.3) is 0 Å². The largest absolute Gasteiger partial charge is 1.00 e. The van der Waals surface area contributed by atoms with Gasteiger partial charge in [-0.3, -0.25) is 0 Å². The Morgan fingerprint density at radius 2 is 2.00 bits per heavy atom. The first-order valence-corrected chi connectivity index (χ1v) is 9.68. The summed E-state index contributed by atoms with van der Waals surface area (Å²) < 4.78 is 5.64. The molecule has 0 amide bonds. The SMILES string of the molecule is Cc1cccc(CO[C@@H](CO)C(O)C[S+]2C[C@@H](O)[C@H](O)[C@H]2CO)c1.[Cl-]. The van der Waals surface area contributed by atoms with Crippen molar-refractivity contribution in [3.8, 4) is 0 Å². The van der Waals surface area contributed by atoms with Crippen LogP contribution in [-0.2, 0) is 22.2 Å². The number of rotatable bonds is 8. The molecule has 25 heavy (non-hydrogen) atoms. The standard InChI is InChI=1S/C17H27O6S.ClH/c1-11-3-2-4-12(5-11)8-23-15(6-18)13(20)9-24-10-14(21)17(22)16(24)7-19;/h2-5,13-22H,6-10H2,1H3;1H/q+1;/p-1/t13?,14-,15+,16-,17+,24?;/m1./s1. The molecule has 144 valence electrons. The van der Waals surface area contributed by atoms with Crippen LogP contribution in [0.3, 0.4) is 0 Å². The van der Waals surface area contributed by atoms with E-state index < -0.39 is 40.6 Å². The van der Waals surface area contributed by atoms with Crippen LogP contribution in [0.4, 0.5) is 0 Å². The van der Waals surface area contributed by atoms with Crippen molar-refractivity contribution in [2.45, 2.75) is 43.2 Å². The van der Waals surface area contributed by atoms with Gasteiger partial charge in [-0.25, -0.2) is 0 Å². The molecule has 1 saturated heterocycles. The van der Waals surface area contributed by atoms with E-state index in [0.29, 0.717) is 5.75 Å². The van der Waals surface area contributed by atoms with Crippen LogP contribution in [0.2, 0.25) is 0 Å². The van der Waals surface area contributed by atoms with Gasteiger partial charge in [0.2, 0.25) is 0 Å². The number of hydrogen-bond donors (Lipinski definition) is 5.